The summed E-state index contributed by atoms with van der Waals surface area (Å²) in [5.74, 6) is -0.506. The van der Waals surface area contributed by atoms with Crippen molar-refractivity contribution < 1.29 is 14.3 Å². The van der Waals surface area contributed by atoms with Gasteiger partial charge in [-0.05, 0) is 69.3 Å². The molecule has 0 aromatic heterocycles. The van der Waals surface area contributed by atoms with Crippen molar-refractivity contribution in [2.24, 2.45) is 0 Å². The van der Waals surface area contributed by atoms with Gasteiger partial charge in [0.25, 0.3) is 5.91 Å². The second-order valence-electron chi connectivity index (χ2n) is 6.33. The van der Waals surface area contributed by atoms with Gasteiger partial charge in [0.2, 0.25) is 0 Å². The number of benzene rings is 2. The van der Waals surface area contributed by atoms with E-state index in [0.717, 1.165) is 4.90 Å². The lowest BCUT2D eigenvalue weighted by Crippen LogP contribution is -2.41. The summed E-state index contributed by atoms with van der Waals surface area (Å²) in [5, 5.41) is 0. The number of amides is 2. The number of imide groups is 1. The highest BCUT2D eigenvalue weighted by atomic mass is 16.6. The Balaban J connectivity index is 2.41. The predicted molar refractivity (Wildman–Crippen MR) is 94.8 cm³/mol. The zero-order valence-corrected chi connectivity index (χ0v) is 13.9. The summed E-state index contributed by atoms with van der Waals surface area (Å²) in [6, 6.07) is 12.7. The molecule has 126 valence electrons. The highest BCUT2D eigenvalue weighted by Gasteiger charge is 2.29. The Morgan fingerprint density at radius 3 is 1.79 bits per heavy atom. The molecule has 0 unspecified atom stereocenters. The number of ether oxygens (including phenoxy) is 1. The lowest BCUT2D eigenvalue weighted by atomic mass is 10.1. The van der Waals surface area contributed by atoms with Crippen LogP contribution in [0.15, 0.2) is 48.5 Å². The van der Waals surface area contributed by atoms with Crippen molar-refractivity contribution in [1.82, 2.24) is 0 Å². The Kier molecular flexibility index (Phi) is 4.78. The largest absolute Gasteiger partial charge is 0.443 e. The van der Waals surface area contributed by atoms with E-state index >= 15 is 0 Å². The van der Waals surface area contributed by atoms with Crippen LogP contribution in [0.4, 0.5) is 21.9 Å². The number of anilines is 3. The summed E-state index contributed by atoms with van der Waals surface area (Å²) >= 11 is 0. The number of nitrogen functional groups attached to an aromatic ring is 2. The molecule has 6 heteroatoms. The maximum absolute atomic E-state index is 12.8. The van der Waals surface area contributed by atoms with Crippen molar-refractivity contribution in [3.8, 4) is 0 Å². The molecule has 0 saturated heterocycles. The first-order chi connectivity index (χ1) is 11.2. The molecule has 2 aromatic rings. The molecular weight excluding hydrogens is 306 g/mol. The summed E-state index contributed by atoms with van der Waals surface area (Å²) in [6.45, 7) is 5.21. The first kappa shape index (κ1) is 17.3. The van der Waals surface area contributed by atoms with Gasteiger partial charge in [-0.25, -0.2) is 9.69 Å². The predicted octanol–water partition coefficient (Wildman–Crippen LogP) is 3.43. The van der Waals surface area contributed by atoms with E-state index in [2.05, 4.69) is 0 Å². The topological polar surface area (TPSA) is 98.6 Å². The number of hydrogen-bond acceptors (Lipinski definition) is 5. The fourth-order valence-corrected chi connectivity index (χ4v) is 1.99. The third kappa shape index (κ3) is 4.25. The fraction of sp³-hybridized carbons (Fsp3) is 0.222. The summed E-state index contributed by atoms with van der Waals surface area (Å²) in [6.07, 6.45) is -0.755. The normalized spacial score (nSPS) is 11.0. The maximum Gasteiger partial charge on any atom is 0.422 e. The first-order valence-electron chi connectivity index (χ1n) is 7.46. The molecule has 6 nitrogen and oxygen atoms in total. The SMILES string of the molecule is CC(C)(C)OC(=O)N(C(=O)c1ccc(N)cc1)c1ccc(N)cc1. The maximum atomic E-state index is 12.8. The minimum absolute atomic E-state index is 0.326. The highest BCUT2D eigenvalue weighted by Crippen LogP contribution is 2.22. The molecule has 0 saturated carbocycles. The van der Waals surface area contributed by atoms with Gasteiger partial charge in [0.1, 0.15) is 5.60 Å². The molecule has 4 N–H and O–H groups in total. The molecule has 2 rings (SSSR count). The fourth-order valence-electron chi connectivity index (χ4n) is 1.99. The van der Waals surface area contributed by atoms with Crippen LogP contribution >= 0.6 is 0 Å². The smallest absolute Gasteiger partial charge is 0.422 e. The van der Waals surface area contributed by atoms with Crippen molar-refractivity contribution in [1.29, 1.82) is 0 Å². The van der Waals surface area contributed by atoms with Gasteiger partial charge in [0.05, 0.1) is 5.69 Å². The van der Waals surface area contributed by atoms with Crippen molar-refractivity contribution >= 4 is 29.1 Å². The third-order valence-corrected chi connectivity index (χ3v) is 3.09. The minimum Gasteiger partial charge on any atom is -0.443 e. The molecule has 0 spiro atoms. The molecule has 0 aliphatic rings. The zero-order chi connectivity index (χ0) is 17.9. The van der Waals surface area contributed by atoms with E-state index in [1.54, 1.807) is 69.3 Å². The third-order valence-electron chi connectivity index (χ3n) is 3.09. The molecule has 0 atom stereocenters. The van der Waals surface area contributed by atoms with Gasteiger partial charge in [0, 0.05) is 16.9 Å². The van der Waals surface area contributed by atoms with Gasteiger partial charge >= 0.3 is 6.09 Å². The number of nitrogens with two attached hydrogens (primary N) is 2. The van der Waals surface area contributed by atoms with Gasteiger partial charge < -0.3 is 16.2 Å². The van der Waals surface area contributed by atoms with E-state index in [-0.39, 0.29) is 0 Å². The molecular formula is C18H21N3O3. The van der Waals surface area contributed by atoms with Gasteiger partial charge in [-0.1, -0.05) is 0 Å². The number of carbonyl (C=O) groups is 2. The lowest BCUT2D eigenvalue weighted by Gasteiger charge is -2.26. The van der Waals surface area contributed by atoms with E-state index < -0.39 is 17.6 Å². The van der Waals surface area contributed by atoms with Crippen LogP contribution in [0.5, 0.6) is 0 Å². The number of carbonyl (C=O) groups excluding carboxylic acids is 2. The van der Waals surface area contributed by atoms with Crippen molar-refractivity contribution in [3.63, 3.8) is 0 Å². The van der Waals surface area contributed by atoms with E-state index in [1.165, 1.54) is 0 Å². The molecule has 2 amide bonds. The van der Waals surface area contributed by atoms with Crippen LogP contribution in [-0.2, 0) is 4.74 Å². The quantitative estimate of drug-likeness (QED) is 0.823. The molecule has 0 radical (unpaired) electrons. The number of hydrogen-bond donors (Lipinski definition) is 2. The van der Waals surface area contributed by atoms with E-state index in [4.69, 9.17) is 16.2 Å². The summed E-state index contributed by atoms with van der Waals surface area (Å²) in [7, 11) is 0. The summed E-state index contributed by atoms with van der Waals surface area (Å²) in [4.78, 5) is 26.4. The van der Waals surface area contributed by atoms with Gasteiger partial charge in [-0.15, -0.1) is 0 Å². The summed E-state index contributed by atoms with van der Waals surface area (Å²) < 4.78 is 5.36. The molecule has 0 fully saturated rings. The highest BCUT2D eigenvalue weighted by molar-refractivity contribution is 6.19. The van der Waals surface area contributed by atoms with E-state index in [1.807, 2.05) is 0 Å². The summed E-state index contributed by atoms with van der Waals surface area (Å²) in [5.41, 5.74) is 12.3. The van der Waals surface area contributed by atoms with Gasteiger partial charge in [-0.3, -0.25) is 4.79 Å². The second-order valence-corrected chi connectivity index (χ2v) is 6.33. The zero-order valence-electron chi connectivity index (χ0n) is 13.9. The second kappa shape index (κ2) is 6.62. The van der Waals surface area contributed by atoms with Crippen LogP contribution in [-0.4, -0.2) is 17.6 Å². The monoisotopic (exact) mass is 327 g/mol. The average Bonchev–Trinajstić information content (AvgIpc) is 2.48. The Hall–Kier alpha value is -3.02. The minimum atomic E-state index is -0.755. The molecule has 24 heavy (non-hydrogen) atoms. The van der Waals surface area contributed by atoms with Crippen LogP contribution in [0, 0.1) is 0 Å². The van der Waals surface area contributed by atoms with Crippen LogP contribution in [0.2, 0.25) is 0 Å². The Bertz CT molecular complexity index is 732. The average molecular weight is 327 g/mol. The van der Waals surface area contributed by atoms with Gasteiger partial charge in [0.15, 0.2) is 0 Å². The van der Waals surface area contributed by atoms with Crippen LogP contribution in [0.3, 0.4) is 0 Å². The van der Waals surface area contributed by atoms with Crippen molar-refractivity contribution in [3.05, 3.63) is 54.1 Å². The van der Waals surface area contributed by atoms with Crippen LogP contribution in [0.1, 0.15) is 31.1 Å². The van der Waals surface area contributed by atoms with E-state index in [0.29, 0.717) is 22.6 Å². The first-order valence-corrected chi connectivity index (χ1v) is 7.46. The van der Waals surface area contributed by atoms with Crippen molar-refractivity contribution in [2.75, 3.05) is 16.4 Å². The molecule has 0 bridgehead atoms. The van der Waals surface area contributed by atoms with Crippen LogP contribution < -0.4 is 16.4 Å². The molecule has 0 aliphatic heterocycles. The number of nitrogens with zero attached hydrogens (tertiary/aromatic N) is 1. The molecule has 0 heterocycles. The Morgan fingerprint density at radius 2 is 1.33 bits per heavy atom. The van der Waals surface area contributed by atoms with Crippen molar-refractivity contribution in [2.45, 2.75) is 26.4 Å². The Labute approximate surface area is 141 Å². The lowest BCUT2D eigenvalue weighted by molar-refractivity contribution is 0.0564. The standard InChI is InChI=1S/C18H21N3O3/c1-18(2,3)24-17(23)21(15-10-8-14(20)9-11-15)16(22)12-4-6-13(19)7-5-12/h4-11H,19-20H2,1-3H3. The van der Waals surface area contributed by atoms with Crippen LogP contribution in [0.25, 0.3) is 0 Å². The number of rotatable bonds is 2. The Morgan fingerprint density at radius 1 is 0.875 bits per heavy atom. The van der Waals surface area contributed by atoms with Gasteiger partial charge in [-0.2, -0.15) is 0 Å². The molecule has 2 aromatic carbocycles. The van der Waals surface area contributed by atoms with E-state index in [9.17, 15) is 9.59 Å². The molecule has 0 aliphatic carbocycles.